The molecular formula is C14H13N3O3S2. The van der Waals surface area contributed by atoms with Gasteiger partial charge < -0.3 is 14.7 Å². The van der Waals surface area contributed by atoms with Gasteiger partial charge in [-0.2, -0.15) is 0 Å². The van der Waals surface area contributed by atoms with Crippen LogP contribution in [-0.2, 0) is 4.79 Å². The molecule has 2 aliphatic heterocycles. The Morgan fingerprint density at radius 2 is 2.36 bits per heavy atom. The average Bonchev–Trinajstić information content (AvgIpc) is 3.12. The molecule has 22 heavy (non-hydrogen) atoms. The number of ether oxygens (including phenoxy) is 1. The molecule has 0 amide bonds. The van der Waals surface area contributed by atoms with E-state index in [4.69, 9.17) is 9.84 Å². The molecule has 0 aliphatic carbocycles. The molecule has 2 aromatic rings. The lowest BCUT2D eigenvalue weighted by molar-refractivity contribution is -0.137. The van der Waals surface area contributed by atoms with Crippen LogP contribution in [-0.4, -0.2) is 53.1 Å². The summed E-state index contributed by atoms with van der Waals surface area (Å²) in [5.41, 5.74) is 1.94. The lowest BCUT2D eigenvalue weighted by Gasteiger charge is -2.27. The monoisotopic (exact) mass is 335 g/mol. The van der Waals surface area contributed by atoms with Crippen molar-refractivity contribution in [2.75, 3.05) is 30.9 Å². The second kappa shape index (κ2) is 5.13. The molecule has 4 rings (SSSR count). The number of hydrogen-bond donors (Lipinski definition) is 1. The van der Waals surface area contributed by atoms with Gasteiger partial charge in [0.05, 0.1) is 22.4 Å². The van der Waals surface area contributed by atoms with Crippen molar-refractivity contribution in [3.63, 3.8) is 0 Å². The zero-order valence-electron chi connectivity index (χ0n) is 11.8. The number of fused-ring (bicyclic) bond motifs is 2. The minimum atomic E-state index is -0.880. The van der Waals surface area contributed by atoms with E-state index in [2.05, 4.69) is 20.9 Å². The Balaban J connectivity index is 1.75. The molecule has 0 saturated carbocycles. The minimum absolute atomic E-state index is 0.475. The highest BCUT2D eigenvalue weighted by Crippen LogP contribution is 2.38. The predicted octanol–water partition coefficient (Wildman–Crippen LogP) is 2.07. The fraction of sp³-hybridized carbons (Fsp3) is 0.357. The number of anilines is 1. The molecule has 0 radical (unpaired) electrons. The maximum absolute atomic E-state index is 11.0. The number of aliphatic imine (C=N–C) groups is 1. The number of thiazole rings is 1. The molecular weight excluding hydrogens is 322 g/mol. The summed E-state index contributed by atoms with van der Waals surface area (Å²) in [6.45, 7) is 1.54. The number of aromatic nitrogens is 1. The van der Waals surface area contributed by atoms with Gasteiger partial charge in [-0.05, 0) is 6.07 Å². The number of hydrogen-bond acceptors (Lipinski definition) is 7. The summed E-state index contributed by atoms with van der Waals surface area (Å²) in [7, 11) is 2.05. The van der Waals surface area contributed by atoms with Gasteiger partial charge in [-0.25, -0.2) is 9.78 Å². The molecule has 2 aliphatic rings. The van der Waals surface area contributed by atoms with Crippen LogP contribution >= 0.6 is 23.1 Å². The van der Waals surface area contributed by atoms with Crippen LogP contribution < -0.4 is 9.64 Å². The molecule has 1 aromatic carbocycles. The summed E-state index contributed by atoms with van der Waals surface area (Å²) in [4.78, 5) is 22.0. The lowest BCUT2D eigenvalue weighted by atomic mass is 10.2. The largest absolute Gasteiger partial charge is 0.489 e. The smallest absolute Gasteiger partial charge is 0.329 e. The van der Waals surface area contributed by atoms with E-state index in [-0.39, 0.29) is 0 Å². The van der Waals surface area contributed by atoms with E-state index in [1.54, 1.807) is 11.3 Å². The second-order valence-corrected chi connectivity index (χ2v) is 7.22. The van der Waals surface area contributed by atoms with E-state index in [0.29, 0.717) is 12.4 Å². The third-order valence-corrected chi connectivity index (χ3v) is 5.89. The number of rotatable bonds is 2. The van der Waals surface area contributed by atoms with Gasteiger partial charge >= 0.3 is 5.97 Å². The molecule has 1 N–H and O–H groups in total. The molecule has 0 unspecified atom stereocenters. The molecule has 0 spiro atoms. The topological polar surface area (TPSA) is 75.0 Å². The van der Waals surface area contributed by atoms with E-state index >= 15 is 0 Å². The van der Waals surface area contributed by atoms with Crippen LogP contribution in [0, 0.1) is 0 Å². The van der Waals surface area contributed by atoms with Crippen molar-refractivity contribution in [1.82, 2.24) is 4.98 Å². The van der Waals surface area contributed by atoms with E-state index in [9.17, 15) is 4.79 Å². The predicted molar refractivity (Wildman–Crippen MR) is 88.8 cm³/mol. The Morgan fingerprint density at radius 1 is 1.50 bits per heavy atom. The molecule has 3 heterocycles. The van der Waals surface area contributed by atoms with Crippen molar-refractivity contribution < 1.29 is 14.6 Å². The molecule has 0 saturated heterocycles. The third-order valence-electron chi connectivity index (χ3n) is 3.68. The van der Waals surface area contributed by atoms with E-state index < -0.39 is 12.0 Å². The van der Waals surface area contributed by atoms with Crippen LogP contribution in [0.3, 0.4) is 0 Å². The molecule has 0 fully saturated rings. The Kier molecular flexibility index (Phi) is 3.23. The second-order valence-electron chi connectivity index (χ2n) is 5.18. The number of thioether (sulfide) groups is 1. The summed E-state index contributed by atoms with van der Waals surface area (Å²) in [5, 5.41) is 10.5. The Morgan fingerprint density at radius 3 is 3.14 bits per heavy atom. The number of carboxylic acid groups (broad SMARTS) is 1. The van der Waals surface area contributed by atoms with Crippen LogP contribution in [0.4, 0.5) is 5.69 Å². The summed E-state index contributed by atoms with van der Waals surface area (Å²) in [6.07, 6.45) is 0. The first-order valence-corrected chi connectivity index (χ1v) is 8.64. The van der Waals surface area contributed by atoms with Crippen LogP contribution in [0.1, 0.15) is 5.01 Å². The average molecular weight is 335 g/mol. The highest BCUT2D eigenvalue weighted by molar-refractivity contribution is 8.15. The van der Waals surface area contributed by atoms with Gasteiger partial charge in [0, 0.05) is 18.9 Å². The van der Waals surface area contributed by atoms with E-state index in [1.165, 1.54) is 11.8 Å². The Labute approximate surface area is 134 Å². The van der Waals surface area contributed by atoms with Crippen molar-refractivity contribution in [1.29, 1.82) is 0 Å². The molecule has 6 nitrogen and oxygen atoms in total. The van der Waals surface area contributed by atoms with Crippen LogP contribution in [0.2, 0.25) is 0 Å². The van der Waals surface area contributed by atoms with Crippen molar-refractivity contribution in [2.24, 2.45) is 4.99 Å². The quantitative estimate of drug-likeness (QED) is 0.905. The first-order chi connectivity index (χ1) is 10.6. The maximum atomic E-state index is 11.0. The van der Waals surface area contributed by atoms with Gasteiger partial charge in [-0.15, -0.1) is 23.1 Å². The highest BCUT2D eigenvalue weighted by atomic mass is 32.2. The van der Waals surface area contributed by atoms with Crippen LogP contribution in [0.15, 0.2) is 17.1 Å². The van der Waals surface area contributed by atoms with Crippen molar-refractivity contribution in [3.05, 3.63) is 17.1 Å². The number of carboxylic acids is 1. The first-order valence-electron chi connectivity index (χ1n) is 6.84. The lowest BCUT2D eigenvalue weighted by Crippen LogP contribution is -2.28. The summed E-state index contributed by atoms with van der Waals surface area (Å²) in [6, 6.07) is 3.38. The molecule has 1 atom stereocenters. The number of likely N-dealkylation sites (N-methyl/N-ethyl adjacent to an activating group) is 1. The zero-order chi connectivity index (χ0) is 15.3. The normalized spacial score (nSPS) is 20.7. The molecule has 8 heteroatoms. The minimum Gasteiger partial charge on any atom is -0.489 e. The van der Waals surface area contributed by atoms with Gasteiger partial charge in [0.1, 0.15) is 22.4 Å². The molecule has 1 aromatic heterocycles. The van der Waals surface area contributed by atoms with E-state index in [0.717, 1.165) is 38.2 Å². The van der Waals surface area contributed by atoms with Gasteiger partial charge in [0.25, 0.3) is 0 Å². The SMILES string of the molecule is CN1CCOc2cc3nc(C4=N[C@@H](C(=O)O)CS4)sc3cc21. The third kappa shape index (κ3) is 2.22. The highest BCUT2D eigenvalue weighted by Gasteiger charge is 2.27. The summed E-state index contributed by atoms with van der Waals surface area (Å²) >= 11 is 3.00. The van der Waals surface area contributed by atoms with Gasteiger partial charge in [0.15, 0.2) is 6.04 Å². The number of nitrogens with zero attached hydrogens (tertiary/aromatic N) is 3. The van der Waals surface area contributed by atoms with Gasteiger partial charge in [-0.1, -0.05) is 0 Å². The van der Waals surface area contributed by atoms with Crippen molar-refractivity contribution >= 4 is 50.0 Å². The Bertz CT molecular complexity index is 802. The van der Waals surface area contributed by atoms with Crippen LogP contribution in [0.5, 0.6) is 5.75 Å². The van der Waals surface area contributed by atoms with Crippen LogP contribution in [0.25, 0.3) is 10.2 Å². The standard InChI is InChI=1S/C14H13N3O3S2/c1-17-2-3-20-10-4-7-11(5-9(10)17)22-13(15-7)12-16-8(6-21-12)14(18)19/h4-5,8H,2-3,6H2,1H3,(H,18,19)/t8-/m1/s1. The number of aliphatic carboxylic acids is 1. The fourth-order valence-corrected chi connectivity index (χ4v) is 4.56. The van der Waals surface area contributed by atoms with Gasteiger partial charge in [-0.3, -0.25) is 4.99 Å². The summed E-state index contributed by atoms with van der Waals surface area (Å²) in [5.74, 6) is 0.444. The van der Waals surface area contributed by atoms with Crippen molar-refractivity contribution in [3.8, 4) is 5.75 Å². The molecule has 114 valence electrons. The Hall–Kier alpha value is -1.80. The van der Waals surface area contributed by atoms with E-state index in [1.807, 2.05) is 13.1 Å². The summed E-state index contributed by atoms with van der Waals surface area (Å²) < 4.78 is 6.76. The fourth-order valence-electron chi connectivity index (χ4n) is 2.48. The zero-order valence-corrected chi connectivity index (χ0v) is 13.4. The molecule has 0 bridgehead atoms. The number of carbonyl (C=O) groups is 1. The van der Waals surface area contributed by atoms with Gasteiger partial charge in [0.2, 0.25) is 0 Å². The number of benzene rings is 1. The first kappa shape index (κ1) is 13.8. The maximum Gasteiger partial charge on any atom is 0.329 e. The van der Waals surface area contributed by atoms with Crippen molar-refractivity contribution in [2.45, 2.75) is 6.04 Å².